The first kappa shape index (κ1) is 9.74. The van der Waals surface area contributed by atoms with Crippen molar-refractivity contribution < 1.29 is 0 Å². The van der Waals surface area contributed by atoms with Gasteiger partial charge in [-0.1, -0.05) is 18.2 Å². The fourth-order valence-corrected chi connectivity index (χ4v) is 0.915. The van der Waals surface area contributed by atoms with Crippen LogP contribution in [0.2, 0.25) is 0 Å². The van der Waals surface area contributed by atoms with E-state index in [1.807, 2.05) is 37.4 Å². The molecule has 1 heterocycles. The molecule has 1 rings (SSSR count). The van der Waals surface area contributed by atoms with Crippen LogP contribution in [-0.4, -0.2) is 18.1 Å². The smallest absolute Gasteiger partial charge is 0.126 e. The molecule has 3 heteroatoms. The van der Waals surface area contributed by atoms with E-state index in [2.05, 4.69) is 10.3 Å². The van der Waals surface area contributed by atoms with Crippen LogP contribution in [0.4, 0.5) is 5.82 Å². The van der Waals surface area contributed by atoms with Crippen molar-refractivity contribution in [1.82, 2.24) is 4.98 Å². The van der Waals surface area contributed by atoms with Crippen LogP contribution in [0.25, 0.3) is 0 Å². The fraction of sp³-hybridized carbons (Fsp3) is 0.300. The summed E-state index contributed by atoms with van der Waals surface area (Å²) in [7, 11) is 0. The van der Waals surface area contributed by atoms with Crippen LogP contribution in [0.1, 0.15) is 5.56 Å². The predicted octanol–water partition coefficient (Wildman–Crippen LogP) is 1.32. The van der Waals surface area contributed by atoms with Crippen LogP contribution in [0.15, 0.2) is 30.5 Å². The lowest BCUT2D eigenvalue weighted by atomic mass is 10.3. The van der Waals surface area contributed by atoms with Crippen molar-refractivity contribution >= 4 is 5.82 Å². The molecule has 1 aromatic rings. The Kier molecular flexibility index (Phi) is 3.99. The summed E-state index contributed by atoms with van der Waals surface area (Å²) in [6.07, 6.45) is 5.75. The molecule has 0 aromatic carbocycles. The number of aromatic nitrogens is 1. The molecular formula is C10H15N3. The Morgan fingerprint density at radius 2 is 2.31 bits per heavy atom. The minimum Gasteiger partial charge on any atom is -0.367 e. The maximum atomic E-state index is 5.30. The van der Waals surface area contributed by atoms with Crippen LogP contribution in [0.3, 0.4) is 0 Å². The first-order valence-electron chi connectivity index (χ1n) is 4.34. The van der Waals surface area contributed by atoms with Gasteiger partial charge in [0.1, 0.15) is 5.82 Å². The molecule has 13 heavy (non-hydrogen) atoms. The summed E-state index contributed by atoms with van der Waals surface area (Å²) in [4.78, 5) is 4.20. The number of nitrogens with one attached hydrogen (secondary N) is 1. The van der Waals surface area contributed by atoms with Crippen molar-refractivity contribution in [1.29, 1.82) is 0 Å². The van der Waals surface area contributed by atoms with E-state index in [1.165, 1.54) is 5.56 Å². The molecule has 3 nitrogen and oxygen atoms in total. The number of pyridine rings is 1. The van der Waals surface area contributed by atoms with Gasteiger partial charge in [0.05, 0.1) is 0 Å². The van der Waals surface area contributed by atoms with Crippen LogP contribution in [0, 0.1) is 6.92 Å². The first-order valence-corrected chi connectivity index (χ1v) is 4.34. The van der Waals surface area contributed by atoms with Gasteiger partial charge in [-0.15, -0.1) is 0 Å². The maximum absolute atomic E-state index is 5.30. The zero-order valence-electron chi connectivity index (χ0n) is 7.83. The lowest BCUT2D eigenvalue weighted by molar-refractivity contribution is 1.18. The topological polar surface area (TPSA) is 50.9 Å². The summed E-state index contributed by atoms with van der Waals surface area (Å²) in [5.41, 5.74) is 6.47. The molecule has 3 N–H and O–H groups in total. The van der Waals surface area contributed by atoms with Gasteiger partial charge in [0.2, 0.25) is 0 Å². The number of nitrogens with zero attached hydrogens (tertiary/aromatic N) is 1. The second kappa shape index (κ2) is 5.32. The second-order valence-electron chi connectivity index (χ2n) is 2.81. The Labute approximate surface area is 78.7 Å². The van der Waals surface area contributed by atoms with E-state index in [0.717, 1.165) is 12.4 Å². The third kappa shape index (κ3) is 3.71. The van der Waals surface area contributed by atoms with Crippen LogP contribution in [0.5, 0.6) is 0 Å². The minimum atomic E-state index is 0.586. The van der Waals surface area contributed by atoms with Crippen molar-refractivity contribution in [2.45, 2.75) is 6.92 Å². The molecule has 0 aliphatic carbocycles. The van der Waals surface area contributed by atoms with Gasteiger partial charge < -0.3 is 11.1 Å². The van der Waals surface area contributed by atoms with Gasteiger partial charge in [0.25, 0.3) is 0 Å². The van der Waals surface area contributed by atoms with E-state index in [1.54, 1.807) is 0 Å². The normalized spacial score (nSPS) is 10.6. The van der Waals surface area contributed by atoms with Crippen molar-refractivity contribution in [3.05, 3.63) is 36.0 Å². The summed E-state index contributed by atoms with van der Waals surface area (Å²) < 4.78 is 0. The predicted molar refractivity (Wildman–Crippen MR) is 55.7 cm³/mol. The Bertz CT molecular complexity index is 264. The van der Waals surface area contributed by atoms with Crippen LogP contribution < -0.4 is 11.1 Å². The number of hydrogen-bond acceptors (Lipinski definition) is 3. The summed E-state index contributed by atoms with van der Waals surface area (Å²) >= 11 is 0. The molecule has 0 bridgehead atoms. The molecule has 70 valence electrons. The molecule has 0 saturated heterocycles. The molecule has 0 fully saturated rings. The highest BCUT2D eigenvalue weighted by atomic mass is 15.0. The van der Waals surface area contributed by atoms with E-state index in [-0.39, 0.29) is 0 Å². The van der Waals surface area contributed by atoms with E-state index >= 15 is 0 Å². The summed E-state index contributed by atoms with van der Waals surface area (Å²) in [5.74, 6) is 0.896. The van der Waals surface area contributed by atoms with E-state index in [0.29, 0.717) is 6.54 Å². The second-order valence-corrected chi connectivity index (χ2v) is 2.81. The maximum Gasteiger partial charge on any atom is 0.126 e. The van der Waals surface area contributed by atoms with Crippen molar-refractivity contribution in [2.24, 2.45) is 5.73 Å². The third-order valence-electron chi connectivity index (χ3n) is 1.62. The SMILES string of the molecule is Cc1ccc(NC/C=C/CN)nc1. The molecule has 0 atom stereocenters. The average molecular weight is 177 g/mol. The van der Waals surface area contributed by atoms with Crippen molar-refractivity contribution in [3.8, 4) is 0 Å². The zero-order chi connectivity index (χ0) is 9.52. The van der Waals surface area contributed by atoms with Crippen molar-refractivity contribution in [3.63, 3.8) is 0 Å². The van der Waals surface area contributed by atoms with E-state index < -0.39 is 0 Å². The van der Waals surface area contributed by atoms with Crippen molar-refractivity contribution in [2.75, 3.05) is 18.4 Å². The van der Waals surface area contributed by atoms with Gasteiger partial charge in [-0.25, -0.2) is 4.98 Å². The number of nitrogens with two attached hydrogens (primary N) is 1. The molecule has 0 unspecified atom stereocenters. The number of anilines is 1. The summed E-state index contributed by atoms with van der Waals surface area (Å²) in [6, 6.07) is 3.99. The first-order chi connectivity index (χ1) is 6.33. The summed E-state index contributed by atoms with van der Waals surface area (Å²) in [6.45, 7) is 3.38. The number of aryl methyl sites for hydroxylation is 1. The summed E-state index contributed by atoms with van der Waals surface area (Å²) in [5, 5.41) is 3.15. The zero-order valence-corrected chi connectivity index (χ0v) is 7.83. The molecule has 0 aliphatic rings. The molecule has 0 spiro atoms. The molecule has 0 radical (unpaired) electrons. The standard InChI is InChI=1S/C10H15N3/c1-9-4-5-10(13-8-9)12-7-3-2-6-11/h2-5,8H,6-7,11H2,1H3,(H,12,13)/b3-2+. The minimum absolute atomic E-state index is 0.586. The Morgan fingerprint density at radius 3 is 2.92 bits per heavy atom. The lowest BCUT2D eigenvalue weighted by Crippen LogP contribution is -2.01. The van der Waals surface area contributed by atoms with Gasteiger partial charge in [0.15, 0.2) is 0 Å². The quantitative estimate of drug-likeness (QED) is 0.682. The van der Waals surface area contributed by atoms with E-state index in [9.17, 15) is 0 Å². The molecule has 1 aromatic heterocycles. The fourth-order valence-electron chi connectivity index (χ4n) is 0.915. The highest BCUT2D eigenvalue weighted by Crippen LogP contribution is 2.02. The monoisotopic (exact) mass is 177 g/mol. The molecular weight excluding hydrogens is 162 g/mol. The Balaban J connectivity index is 2.37. The molecule has 0 amide bonds. The highest BCUT2D eigenvalue weighted by Gasteiger charge is 1.88. The number of rotatable bonds is 4. The highest BCUT2D eigenvalue weighted by molar-refractivity contribution is 5.35. The van der Waals surface area contributed by atoms with E-state index in [4.69, 9.17) is 5.73 Å². The van der Waals surface area contributed by atoms with Gasteiger partial charge in [-0.2, -0.15) is 0 Å². The lowest BCUT2D eigenvalue weighted by Gasteiger charge is -2.01. The van der Waals surface area contributed by atoms with Gasteiger partial charge in [-0.05, 0) is 18.6 Å². The van der Waals surface area contributed by atoms with Crippen LogP contribution >= 0.6 is 0 Å². The van der Waals surface area contributed by atoms with Gasteiger partial charge in [-0.3, -0.25) is 0 Å². The Hall–Kier alpha value is -1.35. The molecule has 0 saturated carbocycles. The number of hydrogen-bond donors (Lipinski definition) is 2. The van der Waals surface area contributed by atoms with Gasteiger partial charge in [0, 0.05) is 19.3 Å². The average Bonchev–Trinajstić information content (AvgIpc) is 2.15. The third-order valence-corrected chi connectivity index (χ3v) is 1.62. The largest absolute Gasteiger partial charge is 0.367 e. The molecule has 0 aliphatic heterocycles. The Morgan fingerprint density at radius 1 is 1.46 bits per heavy atom. The van der Waals surface area contributed by atoms with Gasteiger partial charge >= 0.3 is 0 Å². The van der Waals surface area contributed by atoms with Crippen LogP contribution in [-0.2, 0) is 0 Å².